The summed E-state index contributed by atoms with van der Waals surface area (Å²) in [4.78, 5) is 4.87. The summed E-state index contributed by atoms with van der Waals surface area (Å²) in [5, 5.41) is 12.6. The number of para-hydroxylation sites is 1. The molecule has 0 aromatic heterocycles. The van der Waals surface area contributed by atoms with Gasteiger partial charge in [0, 0.05) is 11.1 Å². The average molecular weight is 323 g/mol. The van der Waals surface area contributed by atoms with Crippen LogP contribution in [0.1, 0.15) is 11.1 Å². The molecule has 0 amide bonds. The third-order valence-corrected chi connectivity index (χ3v) is 4.18. The molecule has 0 fully saturated rings. The predicted octanol–water partition coefficient (Wildman–Crippen LogP) is 5.71. The fourth-order valence-corrected chi connectivity index (χ4v) is 2.93. The summed E-state index contributed by atoms with van der Waals surface area (Å²) in [6.45, 7) is 0. The number of rotatable bonds is 3. The Morgan fingerprint density at radius 3 is 2.12 bits per heavy atom. The Kier molecular flexibility index (Phi) is 4.01. The Labute approximate surface area is 146 Å². The second-order valence-electron chi connectivity index (χ2n) is 5.88. The summed E-state index contributed by atoms with van der Waals surface area (Å²) in [5.74, 6) is 0.228. The Hall–Kier alpha value is -3.39. The molecule has 2 nitrogen and oxygen atoms in total. The number of phenolic OH excluding ortho intramolecular Hbond substituents is 1. The monoisotopic (exact) mass is 323 g/mol. The van der Waals surface area contributed by atoms with Crippen LogP contribution in [-0.4, -0.2) is 10.8 Å². The molecule has 0 heterocycles. The zero-order valence-electron chi connectivity index (χ0n) is 13.6. The van der Waals surface area contributed by atoms with Crippen molar-refractivity contribution >= 4 is 22.2 Å². The fourth-order valence-electron chi connectivity index (χ4n) is 2.93. The smallest absolute Gasteiger partial charge is 0.124 e. The minimum atomic E-state index is 0.228. The molecule has 4 rings (SSSR count). The molecule has 0 saturated carbocycles. The van der Waals surface area contributed by atoms with Crippen LogP contribution in [-0.2, 0) is 0 Å². The molecule has 0 saturated heterocycles. The van der Waals surface area contributed by atoms with Crippen molar-refractivity contribution < 1.29 is 5.11 Å². The summed E-state index contributed by atoms with van der Waals surface area (Å²) < 4.78 is 0. The largest absolute Gasteiger partial charge is 0.507 e. The van der Waals surface area contributed by atoms with Gasteiger partial charge in [0.1, 0.15) is 5.75 Å². The molecule has 0 aliphatic heterocycles. The van der Waals surface area contributed by atoms with Gasteiger partial charge in [-0.25, -0.2) is 4.99 Å². The summed E-state index contributed by atoms with van der Waals surface area (Å²) in [6.07, 6.45) is 0. The van der Waals surface area contributed by atoms with E-state index in [0.29, 0.717) is 0 Å². The third-order valence-electron chi connectivity index (χ3n) is 4.18. The maximum Gasteiger partial charge on any atom is 0.124 e. The highest BCUT2D eigenvalue weighted by Crippen LogP contribution is 2.26. The van der Waals surface area contributed by atoms with Crippen molar-refractivity contribution in [1.82, 2.24) is 0 Å². The molecule has 0 unspecified atom stereocenters. The van der Waals surface area contributed by atoms with Gasteiger partial charge in [-0.3, -0.25) is 0 Å². The number of phenols is 1. The maximum absolute atomic E-state index is 10.3. The average Bonchev–Trinajstić information content (AvgIpc) is 2.67. The molecule has 4 aromatic carbocycles. The Balaban J connectivity index is 1.90. The first kappa shape index (κ1) is 15.2. The molecule has 0 atom stereocenters. The zero-order valence-corrected chi connectivity index (χ0v) is 13.6. The van der Waals surface area contributed by atoms with E-state index < -0.39 is 0 Å². The lowest BCUT2D eigenvalue weighted by Gasteiger charge is -2.10. The van der Waals surface area contributed by atoms with Gasteiger partial charge in [-0.05, 0) is 35.0 Å². The number of aromatic hydroxyl groups is 1. The number of fused-ring (bicyclic) bond motifs is 1. The van der Waals surface area contributed by atoms with Crippen molar-refractivity contribution in [2.45, 2.75) is 0 Å². The van der Waals surface area contributed by atoms with Crippen molar-refractivity contribution in [1.29, 1.82) is 0 Å². The van der Waals surface area contributed by atoms with E-state index in [0.717, 1.165) is 27.9 Å². The molecule has 25 heavy (non-hydrogen) atoms. The quantitative estimate of drug-likeness (QED) is 0.481. The molecule has 0 spiro atoms. The van der Waals surface area contributed by atoms with E-state index in [1.54, 1.807) is 6.07 Å². The molecule has 120 valence electrons. The first-order chi connectivity index (χ1) is 12.3. The first-order valence-electron chi connectivity index (χ1n) is 8.22. The lowest BCUT2D eigenvalue weighted by molar-refractivity contribution is 0.474. The summed E-state index contributed by atoms with van der Waals surface area (Å²) in [5.41, 5.74) is 3.31. The second-order valence-corrected chi connectivity index (χ2v) is 5.88. The van der Waals surface area contributed by atoms with Crippen molar-refractivity contribution in [2.75, 3.05) is 0 Å². The minimum Gasteiger partial charge on any atom is -0.507 e. The molecular formula is C23H17NO. The van der Waals surface area contributed by atoms with Gasteiger partial charge in [-0.1, -0.05) is 72.8 Å². The number of hydrogen-bond acceptors (Lipinski definition) is 2. The van der Waals surface area contributed by atoms with Gasteiger partial charge in [0.25, 0.3) is 0 Å². The van der Waals surface area contributed by atoms with Crippen molar-refractivity contribution in [3.8, 4) is 5.75 Å². The number of benzene rings is 4. The van der Waals surface area contributed by atoms with Crippen LogP contribution < -0.4 is 0 Å². The van der Waals surface area contributed by atoms with Gasteiger partial charge < -0.3 is 5.11 Å². The SMILES string of the molecule is Oc1ccccc1C(=Nc1ccc2ccccc2c1)c1ccccc1. The Bertz CT molecular complexity index is 1050. The molecule has 0 bridgehead atoms. The van der Waals surface area contributed by atoms with Crippen LogP contribution in [0, 0.1) is 0 Å². The van der Waals surface area contributed by atoms with E-state index in [9.17, 15) is 5.11 Å². The normalized spacial score (nSPS) is 11.6. The molecule has 0 aliphatic carbocycles. The van der Waals surface area contributed by atoms with Gasteiger partial charge in [0.2, 0.25) is 0 Å². The number of nitrogens with zero attached hydrogens (tertiary/aromatic N) is 1. The van der Waals surface area contributed by atoms with E-state index in [1.165, 1.54) is 5.39 Å². The van der Waals surface area contributed by atoms with Crippen molar-refractivity contribution in [2.24, 2.45) is 4.99 Å². The van der Waals surface area contributed by atoms with Crippen LogP contribution in [0.25, 0.3) is 10.8 Å². The number of hydrogen-bond donors (Lipinski definition) is 1. The molecule has 2 heteroatoms. The molecule has 0 radical (unpaired) electrons. The van der Waals surface area contributed by atoms with Crippen LogP contribution in [0.4, 0.5) is 5.69 Å². The molecule has 1 N–H and O–H groups in total. The van der Waals surface area contributed by atoms with Gasteiger partial charge in [-0.15, -0.1) is 0 Å². The summed E-state index contributed by atoms with van der Waals surface area (Å²) >= 11 is 0. The van der Waals surface area contributed by atoms with E-state index in [-0.39, 0.29) is 5.75 Å². The maximum atomic E-state index is 10.3. The lowest BCUT2D eigenvalue weighted by atomic mass is 10.0. The summed E-state index contributed by atoms with van der Waals surface area (Å²) in [6, 6.07) is 31.6. The number of aliphatic imine (C=N–C) groups is 1. The molecule has 0 aliphatic rings. The Morgan fingerprint density at radius 1 is 0.640 bits per heavy atom. The van der Waals surface area contributed by atoms with Gasteiger partial charge in [-0.2, -0.15) is 0 Å². The van der Waals surface area contributed by atoms with Gasteiger partial charge in [0.15, 0.2) is 0 Å². The van der Waals surface area contributed by atoms with Crippen LogP contribution in [0.3, 0.4) is 0 Å². The minimum absolute atomic E-state index is 0.228. The predicted molar refractivity (Wildman–Crippen MR) is 104 cm³/mol. The molecule has 4 aromatic rings. The van der Waals surface area contributed by atoms with Crippen LogP contribution in [0.15, 0.2) is 102 Å². The topological polar surface area (TPSA) is 32.6 Å². The standard InChI is InChI=1S/C23H17NO/c25-22-13-7-6-12-21(22)23(18-9-2-1-3-10-18)24-20-15-14-17-8-4-5-11-19(17)16-20/h1-16,25H. The second kappa shape index (κ2) is 6.62. The van der Waals surface area contributed by atoms with Crippen molar-refractivity contribution in [3.05, 3.63) is 108 Å². The van der Waals surface area contributed by atoms with Gasteiger partial charge >= 0.3 is 0 Å². The summed E-state index contributed by atoms with van der Waals surface area (Å²) in [7, 11) is 0. The highest BCUT2D eigenvalue weighted by Gasteiger charge is 2.11. The lowest BCUT2D eigenvalue weighted by Crippen LogP contribution is -2.03. The molecular weight excluding hydrogens is 306 g/mol. The van der Waals surface area contributed by atoms with E-state index >= 15 is 0 Å². The highest BCUT2D eigenvalue weighted by molar-refractivity contribution is 6.15. The fraction of sp³-hybridized carbons (Fsp3) is 0. The van der Waals surface area contributed by atoms with Crippen molar-refractivity contribution in [3.63, 3.8) is 0 Å². The van der Waals surface area contributed by atoms with Crippen LogP contribution >= 0.6 is 0 Å². The zero-order chi connectivity index (χ0) is 17.1. The third kappa shape index (κ3) is 3.15. The van der Waals surface area contributed by atoms with Crippen LogP contribution in [0.5, 0.6) is 5.75 Å². The van der Waals surface area contributed by atoms with E-state index in [4.69, 9.17) is 4.99 Å². The van der Waals surface area contributed by atoms with Crippen LogP contribution in [0.2, 0.25) is 0 Å². The van der Waals surface area contributed by atoms with E-state index in [1.807, 2.05) is 66.7 Å². The Morgan fingerprint density at radius 2 is 1.32 bits per heavy atom. The first-order valence-corrected chi connectivity index (χ1v) is 8.22. The highest BCUT2D eigenvalue weighted by atomic mass is 16.3. The van der Waals surface area contributed by atoms with Gasteiger partial charge in [0.05, 0.1) is 11.4 Å². The van der Waals surface area contributed by atoms with E-state index in [2.05, 4.69) is 24.3 Å².